The minimum Gasteiger partial charge on any atom is -0.366 e. The molecule has 6 nitrogen and oxygen atoms in total. The molecule has 0 aromatic carbocycles. The lowest BCUT2D eigenvalue weighted by atomic mass is 10.0. The van der Waals surface area contributed by atoms with E-state index >= 15 is 0 Å². The molecule has 1 saturated heterocycles. The van der Waals surface area contributed by atoms with Crippen LogP contribution in [0.15, 0.2) is 18.3 Å². The standard InChI is InChI=1S/C16H22N6/c1-10-7-18-22(2)16(10)14-3-4-15(21-20-14)19-13-5-11-8-17-9-12(11)6-13/h3-4,7,11-13,17H,5-6,8-9H2,1-2H3,(H,19,21)/t11-,12?,13+/m1/s1. The number of anilines is 1. The Morgan fingerprint density at radius 2 is 1.95 bits per heavy atom. The molecule has 1 aliphatic carbocycles. The first-order chi connectivity index (χ1) is 10.7. The van der Waals surface area contributed by atoms with Gasteiger partial charge in [0.05, 0.1) is 11.9 Å². The molecule has 1 aliphatic heterocycles. The van der Waals surface area contributed by atoms with Crippen LogP contribution in [0.1, 0.15) is 18.4 Å². The quantitative estimate of drug-likeness (QED) is 0.901. The Labute approximate surface area is 130 Å². The van der Waals surface area contributed by atoms with E-state index in [0.717, 1.165) is 34.6 Å². The molecule has 0 radical (unpaired) electrons. The van der Waals surface area contributed by atoms with Crippen LogP contribution in [0.2, 0.25) is 0 Å². The van der Waals surface area contributed by atoms with E-state index in [4.69, 9.17) is 0 Å². The van der Waals surface area contributed by atoms with Gasteiger partial charge in [-0.15, -0.1) is 10.2 Å². The van der Waals surface area contributed by atoms with Crippen molar-refractivity contribution in [2.24, 2.45) is 18.9 Å². The van der Waals surface area contributed by atoms with E-state index in [2.05, 4.69) is 25.9 Å². The van der Waals surface area contributed by atoms with Gasteiger partial charge in [-0.3, -0.25) is 4.68 Å². The lowest BCUT2D eigenvalue weighted by Gasteiger charge is -2.14. The second-order valence-corrected chi connectivity index (χ2v) is 6.59. The molecule has 0 amide bonds. The minimum atomic E-state index is 0.538. The van der Waals surface area contributed by atoms with Crippen LogP contribution in [0.3, 0.4) is 0 Å². The molecule has 2 N–H and O–H groups in total. The molecule has 116 valence electrons. The van der Waals surface area contributed by atoms with E-state index in [-0.39, 0.29) is 0 Å². The van der Waals surface area contributed by atoms with Crippen LogP contribution in [-0.2, 0) is 7.05 Å². The van der Waals surface area contributed by atoms with E-state index in [1.54, 1.807) is 0 Å². The van der Waals surface area contributed by atoms with E-state index in [0.29, 0.717) is 6.04 Å². The molecular weight excluding hydrogens is 276 g/mol. The summed E-state index contributed by atoms with van der Waals surface area (Å²) < 4.78 is 1.84. The average Bonchev–Trinajstić information content (AvgIpc) is 3.16. The van der Waals surface area contributed by atoms with Crippen molar-refractivity contribution in [3.05, 3.63) is 23.9 Å². The van der Waals surface area contributed by atoms with Crippen LogP contribution in [0, 0.1) is 18.8 Å². The summed E-state index contributed by atoms with van der Waals surface area (Å²) >= 11 is 0. The van der Waals surface area contributed by atoms with E-state index < -0.39 is 0 Å². The molecule has 4 rings (SSSR count). The number of nitrogens with one attached hydrogen (secondary N) is 2. The molecule has 3 atom stereocenters. The summed E-state index contributed by atoms with van der Waals surface area (Å²) in [6, 6.07) is 4.59. The van der Waals surface area contributed by atoms with Crippen molar-refractivity contribution in [3.8, 4) is 11.4 Å². The van der Waals surface area contributed by atoms with Crippen molar-refractivity contribution >= 4 is 5.82 Å². The largest absolute Gasteiger partial charge is 0.366 e. The number of aryl methyl sites for hydroxylation is 2. The summed E-state index contributed by atoms with van der Waals surface area (Å²) in [4.78, 5) is 0. The molecular formula is C16H22N6. The fraction of sp³-hybridized carbons (Fsp3) is 0.562. The number of hydrogen-bond donors (Lipinski definition) is 2. The maximum Gasteiger partial charge on any atom is 0.148 e. The zero-order chi connectivity index (χ0) is 15.1. The number of rotatable bonds is 3. The second-order valence-electron chi connectivity index (χ2n) is 6.59. The highest BCUT2D eigenvalue weighted by Gasteiger charge is 2.37. The first-order valence-electron chi connectivity index (χ1n) is 8.00. The fourth-order valence-electron chi connectivity index (χ4n) is 3.94. The molecule has 6 heteroatoms. The molecule has 0 bridgehead atoms. The van der Waals surface area contributed by atoms with Gasteiger partial charge in [0.2, 0.25) is 0 Å². The predicted molar refractivity (Wildman–Crippen MR) is 85.5 cm³/mol. The van der Waals surface area contributed by atoms with Crippen LogP contribution in [0.4, 0.5) is 5.82 Å². The van der Waals surface area contributed by atoms with E-state index in [1.807, 2.05) is 37.0 Å². The highest BCUT2D eigenvalue weighted by Crippen LogP contribution is 2.35. The van der Waals surface area contributed by atoms with Gasteiger partial charge in [-0.1, -0.05) is 0 Å². The monoisotopic (exact) mass is 298 g/mol. The topological polar surface area (TPSA) is 67.7 Å². The Morgan fingerprint density at radius 1 is 1.18 bits per heavy atom. The van der Waals surface area contributed by atoms with Crippen LogP contribution in [0.25, 0.3) is 11.4 Å². The summed E-state index contributed by atoms with van der Waals surface area (Å²) in [6.45, 7) is 4.39. The molecule has 2 aromatic rings. The number of nitrogens with zero attached hydrogens (tertiary/aromatic N) is 4. The van der Waals surface area contributed by atoms with Crippen molar-refractivity contribution in [1.29, 1.82) is 0 Å². The fourth-order valence-corrected chi connectivity index (χ4v) is 3.94. The highest BCUT2D eigenvalue weighted by molar-refractivity contribution is 5.59. The van der Waals surface area contributed by atoms with Gasteiger partial charge in [-0.25, -0.2) is 0 Å². The number of hydrogen-bond acceptors (Lipinski definition) is 5. The van der Waals surface area contributed by atoms with Gasteiger partial charge in [0.1, 0.15) is 11.5 Å². The van der Waals surface area contributed by atoms with Crippen LogP contribution < -0.4 is 10.6 Å². The third-order valence-electron chi connectivity index (χ3n) is 5.04. The van der Waals surface area contributed by atoms with Gasteiger partial charge < -0.3 is 10.6 Å². The SMILES string of the molecule is Cc1cnn(C)c1-c1ccc(N[C@@H]2CC3CNC[C@H]3C2)nn1. The summed E-state index contributed by atoms with van der Waals surface area (Å²) in [5.41, 5.74) is 3.02. The summed E-state index contributed by atoms with van der Waals surface area (Å²) in [7, 11) is 1.93. The normalized spacial score (nSPS) is 27.1. The van der Waals surface area contributed by atoms with Gasteiger partial charge in [0, 0.05) is 13.1 Å². The van der Waals surface area contributed by atoms with Crippen molar-refractivity contribution < 1.29 is 0 Å². The first-order valence-corrected chi connectivity index (χ1v) is 8.00. The predicted octanol–water partition coefficient (Wildman–Crippen LogP) is 1.60. The molecule has 2 aliphatic rings. The number of aromatic nitrogens is 4. The van der Waals surface area contributed by atoms with Crippen molar-refractivity contribution in [3.63, 3.8) is 0 Å². The van der Waals surface area contributed by atoms with Crippen molar-refractivity contribution in [2.45, 2.75) is 25.8 Å². The third-order valence-corrected chi connectivity index (χ3v) is 5.04. The molecule has 22 heavy (non-hydrogen) atoms. The third kappa shape index (κ3) is 2.37. The molecule has 0 spiro atoms. The first kappa shape index (κ1) is 13.7. The Balaban J connectivity index is 1.46. The Hall–Kier alpha value is -1.95. The molecule has 3 heterocycles. The van der Waals surface area contributed by atoms with Crippen LogP contribution >= 0.6 is 0 Å². The van der Waals surface area contributed by atoms with Gasteiger partial charge in [-0.2, -0.15) is 5.10 Å². The molecule has 2 aromatic heterocycles. The Kier molecular flexibility index (Phi) is 3.33. The number of fused-ring (bicyclic) bond motifs is 1. The molecule has 1 saturated carbocycles. The highest BCUT2D eigenvalue weighted by atomic mass is 15.3. The lowest BCUT2D eigenvalue weighted by Crippen LogP contribution is -2.21. The van der Waals surface area contributed by atoms with Gasteiger partial charge >= 0.3 is 0 Å². The lowest BCUT2D eigenvalue weighted by molar-refractivity contribution is 0.494. The summed E-state index contributed by atoms with van der Waals surface area (Å²) in [5, 5.41) is 20.0. The minimum absolute atomic E-state index is 0.538. The molecule has 1 unspecified atom stereocenters. The van der Waals surface area contributed by atoms with Crippen molar-refractivity contribution in [2.75, 3.05) is 18.4 Å². The van der Waals surface area contributed by atoms with Crippen LogP contribution in [-0.4, -0.2) is 39.1 Å². The molecule has 2 fully saturated rings. The maximum atomic E-state index is 4.37. The zero-order valence-electron chi connectivity index (χ0n) is 13.1. The van der Waals surface area contributed by atoms with Crippen molar-refractivity contribution in [1.82, 2.24) is 25.3 Å². The average molecular weight is 298 g/mol. The second kappa shape index (κ2) is 5.35. The Morgan fingerprint density at radius 3 is 2.55 bits per heavy atom. The van der Waals surface area contributed by atoms with E-state index in [1.165, 1.54) is 25.9 Å². The maximum absolute atomic E-state index is 4.37. The van der Waals surface area contributed by atoms with Crippen LogP contribution in [0.5, 0.6) is 0 Å². The van der Waals surface area contributed by atoms with Gasteiger partial charge in [0.15, 0.2) is 0 Å². The zero-order valence-corrected chi connectivity index (χ0v) is 13.1. The van der Waals surface area contributed by atoms with Gasteiger partial charge in [0.25, 0.3) is 0 Å². The van der Waals surface area contributed by atoms with Gasteiger partial charge in [-0.05, 0) is 62.4 Å². The van der Waals surface area contributed by atoms with E-state index in [9.17, 15) is 0 Å². The Bertz CT molecular complexity index is 630. The smallest absolute Gasteiger partial charge is 0.148 e. The summed E-state index contributed by atoms with van der Waals surface area (Å²) in [5.74, 6) is 2.55. The summed E-state index contributed by atoms with van der Waals surface area (Å²) in [6.07, 6.45) is 4.33.